The molecule has 2 aromatic rings. The summed E-state index contributed by atoms with van der Waals surface area (Å²) in [5, 5.41) is 3.01. The summed E-state index contributed by atoms with van der Waals surface area (Å²) in [5.41, 5.74) is 2.03. The molecule has 1 amide bonds. The Kier molecular flexibility index (Phi) is 6.43. The van der Waals surface area contributed by atoms with Gasteiger partial charge in [-0.05, 0) is 17.5 Å². The molecule has 1 N–H and O–H groups in total. The fourth-order valence-electron chi connectivity index (χ4n) is 2.42. The summed E-state index contributed by atoms with van der Waals surface area (Å²) in [7, 11) is 0. The molecule has 22 heavy (non-hydrogen) atoms. The first kappa shape index (κ1) is 16.0. The molecule has 0 aliphatic carbocycles. The van der Waals surface area contributed by atoms with E-state index in [1.807, 2.05) is 66.7 Å². The summed E-state index contributed by atoms with van der Waals surface area (Å²) >= 11 is 0. The van der Waals surface area contributed by atoms with Crippen LogP contribution < -0.4 is 5.32 Å². The Labute approximate surface area is 132 Å². The molecule has 0 aromatic heterocycles. The van der Waals surface area contributed by atoms with Crippen LogP contribution in [0.1, 0.15) is 36.8 Å². The lowest BCUT2D eigenvalue weighted by Gasteiger charge is -2.17. The second-order valence-electron chi connectivity index (χ2n) is 5.26. The SMILES string of the molecule is CCC/C=C/CNC(=O)C(c1ccccc1)c1ccccc1. The van der Waals surface area contributed by atoms with Crippen molar-refractivity contribution in [2.45, 2.75) is 25.7 Å². The molecule has 2 aromatic carbocycles. The van der Waals surface area contributed by atoms with E-state index in [9.17, 15) is 4.79 Å². The third kappa shape index (κ3) is 4.59. The Morgan fingerprint density at radius 3 is 2.00 bits per heavy atom. The van der Waals surface area contributed by atoms with Gasteiger partial charge < -0.3 is 5.32 Å². The van der Waals surface area contributed by atoms with Gasteiger partial charge in [-0.2, -0.15) is 0 Å². The Bertz CT molecular complexity index is 550. The van der Waals surface area contributed by atoms with E-state index in [0.29, 0.717) is 6.54 Å². The van der Waals surface area contributed by atoms with Crippen LogP contribution in [0.4, 0.5) is 0 Å². The summed E-state index contributed by atoms with van der Waals surface area (Å²) in [4.78, 5) is 12.6. The van der Waals surface area contributed by atoms with Crippen molar-refractivity contribution in [2.75, 3.05) is 6.54 Å². The highest BCUT2D eigenvalue weighted by Crippen LogP contribution is 2.24. The molecule has 0 aliphatic rings. The van der Waals surface area contributed by atoms with Gasteiger partial charge in [0.25, 0.3) is 0 Å². The smallest absolute Gasteiger partial charge is 0.232 e. The lowest BCUT2D eigenvalue weighted by Crippen LogP contribution is -2.30. The molecule has 0 spiro atoms. The van der Waals surface area contributed by atoms with E-state index in [0.717, 1.165) is 24.0 Å². The Hall–Kier alpha value is -2.35. The lowest BCUT2D eigenvalue weighted by atomic mass is 9.90. The van der Waals surface area contributed by atoms with E-state index >= 15 is 0 Å². The van der Waals surface area contributed by atoms with Gasteiger partial charge in [-0.15, -0.1) is 0 Å². The zero-order valence-electron chi connectivity index (χ0n) is 13.0. The molecule has 0 fully saturated rings. The van der Waals surface area contributed by atoms with Gasteiger partial charge >= 0.3 is 0 Å². The molecule has 0 radical (unpaired) electrons. The molecule has 0 saturated heterocycles. The van der Waals surface area contributed by atoms with Crippen molar-refractivity contribution >= 4 is 5.91 Å². The van der Waals surface area contributed by atoms with Crippen LogP contribution in [0.15, 0.2) is 72.8 Å². The number of benzene rings is 2. The first-order chi connectivity index (χ1) is 10.8. The maximum Gasteiger partial charge on any atom is 0.232 e. The van der Waals surface area contributed by atoms with Crippen LogP contribution in [0.5, 0.6) is 0 Å². The number of amides is 1. The van der Waals surface area contributed by atoms with Crippen molar-refractivity contribution < 1.29 is 4.79 Å². The number of nitrogens with one attached hydrogen (secondary N) is 1. The van der Waals surface area contributed by atoms with Crippen LogP contribution in [0, 0.1) is 0 Å². The normalized spacial score (nSPS) is 11.0. The maximum atomic E-state index is 12.6. The summed E-state index contributed by atoms with van der Waals surface area (Å²) in [6.07, 6.45) is 6.31. The fraction of sp³-hybridized carbons (Fsp3) is 0.250. The molecule has 0 bridgehead atoms. The number of unbranched alkanes of at least 4 members (excludes halogenated alkanes) is 1. The molecule has 2 heteroatoms. The zero-order valence-corrected chi connectivity index (χ0v) is 13.0. The first-order valence-corrected chi connectivity index (χ1v) is 7.85. The third-order valence-corrected chi connectivity index (χ3v) is 3.54. The third-order valence-electron chi connectivity index (χ3n) is 3.54. The van der Waals surface area contributed by atoms with Gasteiger partial charge in [0.05, 0.1) is 5.92 Å². The van der Waals surface area contributed by atoms with Crippen molar-refractivity contribution in [2.24, 2.45) is 0 Å². The minimum absolute atomic E-state index is 0.0403. The molecule has 0 aliphatic heterocycles. The molecule has 2 rings (SSSR count). The van der Waals surface area contributed by atoms with Crippen LogP contribution in [0.2, 0.25) is 0 Å². The van der Waals surface area contributed by atoms with Crippen LogP contribution in [-0.4, -0.2) is 12.5 Å². The first-order valence-electron chi connectivity index (χ1n) is 7.85. The van der Waals surface area contributed by atoms with Gasteiger partial charge in [-0.1, -0.05) is 86.2 Å². The lowest BCUT2D eigenvalue weighted by molar-refractivity contribution is -0.121. The monoisotopic (exact) mass is 293 g/mol. The average Bonchev–Trinajstić information content (AvgIpc) is 2.57. The predicted octanol–water partition coefficient (Wildman–Crippen LogP) is 4.29. The van der Waals surface area contributed by atoms with Crippen LogP contribution in [0.25, 0.3) is 0 Å². The van der Waals surface area contributed by atoms with Crippen molar-refractivity contribution in [1.29, 1.82) is 0 Å². The van der Waals surface area contributed by atoms with Gasteiger partial charge in [0, 0.05) is 6.54 Å². The second-order valence-corrected chi connectivity index (χ2v) is 5.26. The highest BCUT2D eigenvalue weighted by molar-refractivity contribution is 5.87. The number of rotatable bonds is 7. The summed E-state index contributed by atoms with van der Waals surface area (Å²) in [6, 6.07) is 19.8. The van der Waals surface area contributed by atoms with Crippen LogP contribution >= 0.6 is 0 Å². The molecular formula is C20H23NO. The van der Waals surface area contributed by atoms with Crippen molar-refractivity contribution in [1.82, 2.24) is 5.32 Å². The van der Waals surface area contributed by atoms with E-state index in [4.69, 9.17) is 0 Å². The van der Waals surface area contributed by atoms with Gasteiger partial charge in [0.1, 0.15) is 0 Å². The van der Waals surface area contributed by atoms with Crippen LogP contribution in [0.3, 0.4) is 0 Å². The molecular weight excluding hydrogens is 270 g/mol. The minimum Gasteiger partial charge on any atom is -0.352 e. The second kappa shape index (κ2) is 8.83. The predicted molar refractivity (Wildman–Crippen MR) is 91.8 cm³/mol. The van der Waals surface area contributed by atoms with E-state index in [1.54, 1.807) is 0 Å². The van der Waals surface area contributed by atoms with E-state index in [-0.39, 0.29) is 11.8 Å². The largest absolute Gasteiger partial charge is 0.352 e. The van der Waals surface area contributed by atoms with Crippen molar-refractivity contribution in [3.8, 4) is 0 Å². The highest BCUT2D eigenvalue weighted by Gasteiger charge is 2.21. The van der Waals surface area contributed by atoms with Crippen LogP contribution in [-0.2, 0) is 4.79 Å². The molecule has 0 atom stereocenters. The average molecular weight is 293 g/mol. The molecule has 0 heterocycles. The Balaban J connectivity index is 2.13. The quantitative estimate of drug-likeness (QED) is 0.758. The van der Waals surface area contributed by atoms with Gasteiger partial charge in [0.2, 0.25) is 5.91 Å². The van der Waals surface area contributed by atoms with Gasteiger partial charge in [-0.25, -0.2) is 0 Å². The topological polar surface area (TPSA) is 29.1 Å². The number of hydrogen-bond acceptors (Lipinski definition) is 1. The van der Waals surface area contributed by atoms with E-state index < -0.39 is 0 Å². The molecule has 114 valence electrons. The molecule has 0 unspecified atom stereocenters. The number of carbonyl (C=O) groups excluding carboxylic acids is 1. The number of hydrogen-bond donors (Lipinski definition) is 1. The van der Waals surface area contributed by atoms with Gasteiger partial charge in [0.15, 0.2) is 0 Å². The van der Waals surface area contributed by atoms with Gasteiger partial charge in [-0.3, -0.25) is 4.79 Å². The van der Waals surface area contributed by atoms with E-state index in [2.05, 4.69) is 18.3 Å². The minimum atomic E-state index is -0.262. The highest BCUT2D eigenvalue weighted by atomic mass is 16.1. The van der Waals surface area contributed by atoms with Crippen molar-refractivity contribution in [3.63, 3.8) is 0 Å². The standard InChI is InChI=1S/C20H23NO/c1-2-3-4-11-16-21-20(22)19(17-12-7-5-8-13-17)18-14-9-6-10-15-18/h4-15,19H,2-3,16H2,1H3,(H,21,22)/b11-4+. The number of carbonyl (C=O) groups is 1. The Morgan fingerprint density at radius 2 is 1.50 bits per heavy atom. The van der Waals surface area contributed by atoms with E-state index in [1.165, 1.54) is 0 Å². The fourth-order valence-corrected chi connectivity index (χ4v) is 2.42. The summed E-state index contributed by atoms with van der Waals surface area (Å²) < 4.78 is 0. The maximum absolute atomic E-state index is 12.6. The number of allylic oxidation sites excluding steroid dienone is 1. The molecule has 2 nitrogen and oxygen atoms in total. The molecule has 0 saturated carbocycles. The summed E-state index contributed by atoms with van der Waals surface area (Å²) in [6.45, 7) is 2.72. The summed E-state index contributed by atoms with van der Waals surface area (Å²) in [5.74, 6) is -0.222. The Morgan fingerprint density at radius 1 is 0.955 bits per heavy atom. The zero-order chi connectivity index (χ0) is 15.6. The van der Waals surface area contributed by atoms with Crippen molar-refractivity contribution in [3.05, 3.63) is 83.9 Å².